The third-order valence-electron chi connectivity index (χ3n) is 4.04. The summed E-state index contributed by atoms with van der Waals surface area (Å²) in [7, 11) is -3.84. The summed E-state index contributed by atoms with van der Waals surface area (Å²) in [6.45, 7) is 1.90. The maximum Gasteiger partial charge on any atom is 0.302 e. The van der Waals surface area contributed by atoms with Gasteiger partial charge in [-0.1, -0.05) is 35.9 Å². The summed E-state index contributed by atoms with van der Waals surface area (Å²) in [5, 5.41) is 0.742. The summed E-state index contributed by atoms with van der Waals surface area (Å²) in [5.41, 5.74) is 4.49. The minimum atomic E-state index is -3.84. The Balaban J connectivity index is 1.79. The largest absolute Gasteiger partial charge is 0.451 e. The van der Waals surface area contributed by atoms with Crippen molar-refractivity contribution in [3.63, 3.8) is 0 Å². The Morgan fingerprint density at radius 3 is 2.54 bits per heavy atom. The summed E-state index contributed by atoms with van der Waals surface area (Å²) in [4.78, 5) is 12.4. The number of furan rings is 1. The van der Waals surface area contributed by atoms with Crippen molar-refractivity contribution in [1.82, 2.24) is 9.84 Å². The van der Waals surface area contributed by atoms with Crippen LogP contribution in [0.3, 0.4) is 0 Å². The first-order valence-electron chi connectivity index (χ1n) is 7.37. The first-order chi connectivity index (χ1) is 11.5. The molecule has 0 spiro atoms. The number of para-hydroxylation sites is 1. The van der Waals surface area contributed by atoms with Gasteiger partial charge in [0.05, 0.1) is 11.4 Å². The molecule has 4 rings (SSSR count). The van der Waals surface area contributed by atoms with Crippen LogP contribution in [0.2, 0.25) is 0 Å². The number of sulfonamides is 1. The second kappa shape index (κ2) is 5.19. The molecule has 7 heteroatoms. The number of fused-ring (bicyclic) bond motifs is 3. The van der Waals surface area contributed by atoms with Gasteiger partial charge < -0.3 is 4.42 Å². The van der Waals surface area contributed by atoms with E-state index in [2.05, 4.69) is 5.43 Å². The number of rotatable bonds is 2. The lowest BCUT2D eigenvalue weighted by Gasteiger charge is -2.26. The molecule has 2 heterocycles. The number of amides is 1. The fraction of sp³-hybridized carbons (Fsp3) is 0.118. The zero-order chi connectivity index (χ0) is 16.9. The normalized spacial score (nSPS) is 15.3. The van der Waals surface area contributed by atoms with Crippen molar-refractivity contribution >= 4 is 26.9 Å². The maximum atomic E-state index is 12.8. The molecule has 2 aromatic carbocycles. The van der Waals surface area contributed by atoms with Crippen molar-refractivity contribution in [2.75, 3.05) is 0 Å². The van der Waals surface area contributed by atoms with Crippen LogP contribution >= 0.6 is 0 Å². The van der Waals surface area contributed by atoms with E-state index in [0.717, 1.165) is 15.4 Å². The smallest absolute Gasteiger partial charge is 0.302 e. The molecule has 0 atom stereocenters. The number of hydrogen-bond donors (Lipinski definition) is 1. The summed E-state index contributed by atoms with van der Waals surface area (Å²) < 4.78 is 32.1. The van der Waals surface area contributed by atoms with Gasteiger partial charge in [-0.05, 0) is 25.1 Å². The van der Waals surface area contributed by atoms with Crippen LogP contribution in [-0.4, -0.2) is 18.7 Å². The third-order valence-corrected chi connectivity index (χ3v) is 5.71. The van der Waals surface area contributed by atoms with Crippen LogP contribution in [0.5, 0.6) is 0 Å². The van der Waals surface area contributed by atoms with Gasteiger partial charge in [0.1, 0.15) is 5.58 Å². The molecule has 1 amide bonds. The second-order valence-corrected chi connectivity index (χ2v) is 7.53. The molecular formula is C17H14N2O4S. The predicted molar refractivity (Wildman–Crippen MR) is 87.6 cm³/mol. The van der Waals surface area contributed by atoms with Crippen molar-refractivity contribution in [1.29, 1.82) is 0 Å². The molecule has 122 valence electrons. The van der Waals surface area contributed by atoms with Gasteiger partial charge in [-0.15, -0.1) is 4.41 Å². The average molecular weight is 342 g/mol. The van der Waals surface area contributed by atoms with Gasteiger partial charge in [0.25, 0.3) is 10.0 Å². The summed E-state index contributed by atoms with van der Waals surface area (Å²) in [5.74, 6) is -0.408. The number of carbonyl (C=O) groups excluding carboxylic acids is 1. The number of carbonyl (C=O) groups is 1. The fourth-order valence-electron chi connectivity index (χ4n) is 2.77. The van der Waals surface area contributed by atoms with E-state index in [9.17, 15) is 13.2 Å². The Bertz CT molecular complexity index is 1050. The number of hydrogen-bond acceptors (Lipinski definition) is 4. The lowest BCUT2D eigenvalue weighted by Crippen LogP contribution is -2.48. The SMILES string of the molecule is Cc1ccc(S(=O)(=O)N2Cc3c(oc4ccccc34)C(=O)N2)cc1. The summed E-state index contributed by atoms with van der Waals surface area (Å²) >= 11 is 0. The highest BCUT2D eigenvalue weighted by molar-refractivity contribution is 7.89. The Morgan fingerprint density at radius 2 is 1.79 bits per heavy atom. The first-order valence-corrected chi connectivity index (χ1v) is 8.81. The standard InChI is InChI=1S/C17H14N2O4S/c1-11-6-8-12(9-7-11)24(21,22)19-10-14-13-4-2-3-5-15(13)23-16(14)17(20)18-19/h2-9H,10H2,1H3,(H,18,20). The van der Waals surface area contributed by atoms with Crippen molar-refractivity contribution in [3.05, 3.63) is 65.4 Å². The van der Waals surface area contributed by atoms with Crippen LogP contribution in [0.15, 0.2) is 57.8 Å². The van der Waals surface area contributed by atoms with E-state index >= 15 is 0 Å². The molecule has 0 aliphatic carbocycles. The quantitative estimate of drug-likeness (QED) is 0.776. The van der Waals surface area contributed by atoms with Gasteiger partial charge in [0.15, 0.2) is 5.76 Å². The van der Waals surface area contributed by atoms with Gasteiger partial charge in [-0.3, -0.25) is 10.2 Å². The van der Waals surface area contributed by atoms with Crippen LogP contribution < -0.4 is 5.43 Å². The molecule has 0 unspecified atom stereocenters. The molecule has 6 nitrogen and oxygen atoms in total. The molecule has 0 bridgehead atoms. The zero-order valence-corrected chi connectivity index (χ0v) is 13.6. The van der Waals surface area contributed by atoms with Crippen molar-refractivity contribution < 1.29 is 17.6 Å². The molecule has 0 saturated carbocycles. The lowest BCUT2D eigenvalue weighted by atomic mass is 10.1. The van der Waals surface area contributed by atoms with Crippen LogP contribution in [-0.2, 0) is 16.6 Å². The number of nitrogens with zero attached hydrogens (tertiary/aromatic N) is 1. The van der Waals surface area contributed by atoms with E-state index in [1.165, 1.54) is 12.1 Å². The van der Waals surface area contributed by atoms with E-state index in [4.69, 9.17) is 4.42 Å². The number of benzene rings is 2. The highest BCUT2D eigenvalue weighted by atomic mass is 32.2. The molecule has 0 radical (unpaired) electrons. The van der Waals surface area contributed by atoms with Crippen LogP contribution in [0, 0.1) is 6.92 Å². The van der Waals surface area contributed by atoms with Gasteiger partial charge in [-0.2, -0.15) is 0 Å². The van der Waals surface area contributed by atoms with E-state index in [-0.39, 0.29) is 17.2 Å². The van der Waals surface area contributed by atoms with E-state index < -0.39 is 15.9 Å². The minimum absolute atomic E-state index is 0.0221. The average Bonchev–Trinajstić information content (AvgIpc) is 2.95. The molecule has 1 aromatic heterocycles. The molecule has 24 heavy (non-hydrogen) atoms. The molecule has 1 N–H and O–H groups in total. The molecule has 1 aliphatic heterocycles. The third kappa shape index (κ3) is 2.21. The molecule has 1 aliphatic rings. The molecular weight excluding hydrogens is 328 g/mol. The zero-order valence-electron chi connectivity index (χ0n) is 12.8. The van der Waals surface area contributed by atoms with Crippen LogP contribution in [0.4, 0.5) is 0 Å². The van der Waals surface area contributed by atoms with Crippen LogP contribution in [0.25, 0.3) is 11.0 Å². The van der Waals surface area contributed by atoms with Gasteiger partial charge >= 0.3 is 5.91 Å². The molecule has 0 fully saturated rings. The van der Waals surface area contributed by atoms with E-state index in [0.29, 0.717) is 11.1 Å². The number of nitrogens with one attached hydrogen (secondary N) is 1. The Labute approximate surface area is 138 Å². The van der Waals surface area contributed by atoms with E-state index in [1.807, 2.05) is 19.1 Å². The van der Waals surface area contributed by atoms with Gasteiger partial charge in [0, 0.05) is 10.9 Å². The molecule has 3 aromatic rings. The van der Waals surface area contributed by atoms with Gasteiger partial charge in [-0.25, -0.2) is 8.42 Å². The number of aryl methyl sites for hydroxylation is 1. The van der Waals surface area contributed by atoms with Crippen molar-refractivity contribution in [2.24, 2.45) is 0 Å². The van der Waals surface area contributed by atoms with E-state index in [1.54, 1.807) is 24.3 Å². The van der Waals surface area contributed by atoms with Crippen molar-refractivity contribution in [2.45, 2.75) is 18.4 Å². The predicted octanol–water partition coefficient (Wildman–Crippen LogP) is 2.59. The Kier molecular flexibility index (Phi) is 3.22. The lowest BCUT2D eigenvalue weighted by molar-refractivity contribution is 0.0820. The minimum Gasteiger partial charge on any atom is -0.451 e. The number of hydrazine groups is 1. The first kappa shape index (κ1) is 14.9. The second-order valence-electron chi connectivity index (χ2n) is 5.67. The maximum absolute atomic E-state index is 12.8. The monoisotopic (exact) mass is 342 g/mol. The van der Waals surface area contributed by atoms with Crippen LogP contribution in [0.1, 0.15) is 21.7 Å². The highest BCUT2D eigenvalue weighted by Gasteiger charge is 2.35. The topological polar surface area (TPSA) is 79.6 Å². The summed E-state index contributed by atoms with van der Waals surface area (Å²) in [6, 6.07) is 13.7. The Morgan fingerprint density at radius 1 is 1.08 bits per heavy atom. The van der Waals surface area contributed by atoms with Crippen molar-refractivity contribution in [3.8, 4) is 0 Å². The molecule has 0 saturated heterocycles. The Hall–Kier alpha value is -2.64. The van der Waals surface area contributed by atoms with Gasteiger partial charge in [0.2, 0.25) is 0 Å². The fourth-order valence-corrected chi connectivity index (χ4v) is 4.01. The summed E-state index contributed by atoms with van der Waals surface area (Å²) in [6.07, 6.45) is 0. The highest BCUT2D eigenvalue weighted by Crippen LogP contribution is 2.31.